The van der Waals surface area contributed by atoms with Gasteiger partial charge >= 0.3 is 0 Å². The van der Waals surface area contributed by atoms with Crippen LogP contribution in [0.3, 0.4) is 0 Å². The van der Waals surface area contributed by atoms with Crippen LogP contribution in [0.2, 0.25) is 0 Å². The van der Waals surface area contributed by atoms with Gasteiger partial charge in [0.15, 0.2) is 0 Å². The van der Waals surface area contributed by atoms with Crippen molar-refractivity contribution in [3.05, 3.63) is 66.9 Å². The van der Waals surface area contributed by atoms with Crippen LogP contribution < -0.4 is 10.1 Å². The van der Waals surface area contributed by atoms with E-state index in [-0.39, 0.29) is 0 Å². The van der Waals surface area contributed by atoms with Crippen LogP contribution in [0.5, 0.6) is 5.75 Å². The third kappa shape index (κ3) is 2.88. The summed E-state index contributed by atoms with van der Waals surface area (Å²) in [5, 5.41) is 5.64. The Labute approximate surface area is 118 Å². The molecule has 0 unspecified atom stereocenters. The molecule has 0 amide bonds. The number of nitrogens with zero attached hydrogens (tertiary/aromatic N) is 1. The maximum absolute atomic E-state index is 5.65. The van der Waals surface area contributed by atoms with Crippen molar-refractivity contribution in [2.24, 2.45) is 0 Å². The smallest absolute Gasteiger partial charge is 0.133 e. The third-order valence-corrected chi connectivity index (χ3v) is 3.08. The highest BCUT2D eigenvalue weighted by molar-refractivity contribution is 5.91. The summed E-state index contributed by atoms with van der Waals surface area (Å²) in [6.45, 7) is 1.32. The standard InChI is InChI=1S/C17H16N2O/c1-2-7-15(8-3-1)20-13-12-19-17-16-9-5-4-6-14(16)10-11-18-17/h1-11H,12-13H2,(H,18,19). The first kappa shape index (κ1) is 12.5. The second-order valence-electron chi connectivity index (χ2n) is 4.47. The van der Waals surface area contributed by atoms with E-state index in [1.54, 1.807) is 0 Å². The lowest BCUT2D eigenvalue weighted by atomic mass is 10.1. The maximum Gasteiger partial charge on any atom is 0.133 e. The van der Waals surface area contributed by atoms with Crippen LogP contribution in [0.1, 0.15) is 0 Å². The van der Waals surface area contributed by atoms with Crippen molar-refractivity contribution in [3.63, 3.8) is 0 Å². The van der Waals surface area contributed by atoms with E-state index in [4.69, 9.17) is 4.74 Å². The Balaban J connectivity index is 1.60. The van der Waals surface area contributed by atoms with E-state index in [9.17, 15) is 0 Å². The number of anilines is 1. The van der Waals surface area contributed by atoms with Gasteiger partial charge in [0.1, 0.15) is 18.2 Å². The molecule has 1 heterocycles. The summed E-state index contributed by atoms with van der Waals surface area (Å²) >= 11 is 0. The first-order valence-corrected chi connectivity index (χ1v) is 6.69. The summed E-state index contributed by atoms with van der Waals surface area (Å²) < 4.78 is 5.65. The summed E-state index contributed by atoms with van der Waals surface area (Å²) in [6.07, 6.45) is 1.82. The van der Waals surface area contributed by atoms with Crippen molar-refractivity contribution in [2.75, 3.05) is 18.5 Å². The molecule has 1 N–H and O–H groups in total. The Morgan fingerprint density at radius 1 is 0.900 bits per heavy atom. The predicted molar refractivity (Wildman–Crippen MR) is 82.2 cm³/mol. The molecule has 0 atom stereocenters. The lowest BCUT2D eigenvalue weighted by Crippen LogP contribution is -2.12. The van der Waals surface area contributed by atoms with Gasteiger partial charge in [-0.1, -0.05) is 42.5 Å². The average molecular weight is 264 g/mol. The molecular formula is C17H16N2O. The second kappa shape index (κ2) is 6.06. The molecule has 0 aliphatic carbocycles. The van der Waals surface area contributed by atoms with Crippen LogP contribution in [0, 0.1) is 0 Å². The number of rotatable bonds is 5. The molecule has 0 fully saturated rings. The van der Waals surface area contributed by atoms with Gasteiger partial charge in [0, 0.05) is 11.6 Å². The van der Waals surface area contributed by atoms with E-state index in [2.05, 4.69) is 22.4 Å². The molecule has 0 saturated carbocycles. The van der Waals surface area contributed by atoms with Gasteiger partial charge in [-0.3, -0.25) is 0 Å². The van der Waals surface area contributed by atoms with Crippen LogP contribution in [-0.4, -0.2) is 18.1 Å². The molecule has 0 radical (unpaired) electrons. The van der Waals surface area contributed by atoms with E-state index in [0.717, 1.165) is 23.5 Å². The fourth-order valence-corrected chi connectivity index (χ4v) is 2.12. The number of hydrogen-bond donors (Lipinski definition) is 1. The number of ether oxygens (including phenoxy) is 1. The normalized spacial score (nSPS) is 10.4. The van der Waals surface area contributed by atoms with Crippen LogP contribution in [-0.2, 0) is 0 Å². The first-order chi connectivity index (χ1) is 9.93. The molecule has 0 spiro atoms. The largest absolute Gasteiger partial charge is 0.492 e. The number of nitrogens with one attached hydrogen (secondary N) is 1. The van der Waals surface area contributed by atoms with Crippen molar-refractivity contribution in [3.8, 4) is 5.75 Å². The summed E-state index contributed by atoms with van der Waals surface area (Å²) in [4.78, 5) is 4.38. The van der Waals surface area contributed by atoms with Gasteiger partial charge < -0.3 is 10.1 Å². The highest BCUT2D eigenvalue weighted by Gasteiger charge is 2.00. The molecule has 1 aromatic heterocycles. The van der Waals surface area contributed by atoms with Gasteiger partial charge in [-0.2, -0.15) is 0 Å². The molecule has 3 aromatic rings. The van der Waals surface area contributed by atoms with Crippen LogP contribution in [0.25, 0.3) is 10.8 Å². The lowest BCUT2D eigenvalue weighted by molar-refractivity contribution is 0.333. The van der Waals surface area contributed by atoms with E-state index in [1.165, 1.54) is 5.39 Å². The fourth-order valence-electron chi connectivity index (χ4n) is 2.12. The highest BCUT2D eigenvalue weighted by atomic mass is 16.5. The number of aromatic nitrogens is 1. The number of para-hydroxylation sites is 1. The predicted octanol–water partition coefficient (Wildman–Crippen LogP) is 3.73. The number of hydrogen-bond acceptors (Lipinski definition) is 3. The van der Waals surface area contributed by atoms with Gasteiger partial charge in [0.25, 0.3) is 0 Å². The Kier molecular flexibility index (Phi) is 3.78. The molecule has 0 saturated heterocycles. The summed E-state index contributed by atoms with van der Waals surface area (Å²) in [5.74, 6) is 1.79. The molecular weight excluding hydrogens is 248 g/mol. The second-order valence-corrected chi connectivity index (χ2v) is 4.47. The van der Waals surface area contributed by atoms with Gasteiger partial charge in [-0.15, -0.1) is 0 Å². The molecule has 2 aromatic carbocycles. The van der Waals surface area contributed by atoms with Gasteiger partial charge in [0.2, 0.25) is 0 Å². The molecule has 100 valence electrons. The van der Waals surface area contributed by atoms with Crippen molar-refractivity contribution in [1.82, 2.24) is 4.98 Å². The Hall–Kier alpha value is -2.55. The summed E-state index contributed by atoms with van der Waals surface area (Å²) in [6, 6.07) is 20.0. The molecule has 0 aliphatic rings. The molecule has 3 rings (SSSR count). The molecule has 0 bridgehead atoms. The van der Waals surface area contributed by atoms with Gasteiger partial charge in [-0.05, 0) is 23.6 Å². The minimum atomic E-state index is 0.606. The maximum atomic E-state index is 5.65. The number of benzene rings is 2. The fraction of sp³-hybridized carbons (Fsp3) is 0.118. The molecule has 3 nitrogen and oxygen atoms in total. The highest BCUT2D eigenvalue weighted by Crippen LogP contribution is 2.20. The monoisotopic (exact) mass is 264 g/mol. The SMILES string of the molecule is c1ccc(OCCNc2nccc3ccccc23)cc1. The van der Waals surface area contributed by atoms with Crippen LogP contribution >= 0.6 is 0 Å². The van der Waals surface area contributed by atoms with E-state index >= 15 is 0 Å². The average Bonchev–Trinajstić information content (AvgIpc) is 2.53. The third-order valence-electron chi connectivity index (χ3n) is 3.08. The number of pyridine rings is 1. The summed E-state index contributed by atoms with van der Waals surface area (Å²) in [7, 11) is 0. The van der Waals surface area contributed by atoms with Gasteiger partial charge in [0.05, 0.1) is 6.54 Å². The van der Waals surface area contributed by atoms with Gasteiger partial charge in [-0.25, -0.2) is 4.98 Å². The van der Waals surface area contributed by atoms with Crippen molar-refractivity contribution < 1.29 is 4.74 Å². The Morgan fingerprint density at radius 3 is 2.60 bits per heavy atom. The lowest BCUT2D eigenvalue weighted by Gasteiger charge is -2.09. The molecule has 0 aliphatic heterocycles. The van der Waals surface area contributed by atoms with Crippen molar-refractivity contribution in [1.29, 1.82) is 0 Å². The minimum Gasteiger partial charge on any atom is -0.492 e. The molecule has 20 heavy (non-hydrogen) atoms. The quantitative estimate of drug-likeness (QED) is 0.713. The topological polar surface area (TPSA) is 34.1 Å². The van der Waals surface area contributed by atoms with Crippen LogP contribution in [0.15, 0.2) is 66.9 Å². The first-order valence-electron chi connectivity index (χ1n) is 6.69. The zero-order valence-electron chi connectivity index (χ0n) is 11.1. The minimum absolute atomic E-state index is 0.606. The Bertz CT molecular complexity index is 677. The zero-order chi connectivity index (χ0) is 13.6. The van der Waals surface area contributed by atoms with E-state index in [1.807, 2.05) is 54.7 Å². The van der Waals surface area contributed by atoms with Crippen molar-refractivity contribution >= 4 is 16.6 Å². The van der Waals surface area contributed by atoms with Crippen LogP contribution in [0.4, 0.5) is 5.82 Å². The van der Waals surface area contributed by atoms with Crippen molar-refractivity contribution in [2.45, 2.75) is 0 Å². The Morgan fingerprint density at radius 2 is 1.70 bits per heavy atom. The van der Waals surface area contributed by atoms with E-state index < -0.39 is 0 Å². The summed E-state index contributed by atoms with van der Waals surface area (Å²) in [5.41, 5.74) is 0. The van der Waals surface area contributed by atoms with E-state index in [0.29, 0.717) is 6.61 Å². The number of fused-ring (bicyclic) bond motifs is 1. The zero-order valence-corrected chi connectivity index (χ0v) is 11.1. The molecule has 3 heteroatoms.